The van der Waals surface area contributed by atoms with Gasteiger partial charge in [-0.3, -0.25) is 0 Å². The molecule has 0 aliphatic carbocycles. The van der Waals surface area contributed by atoms with Crippen molar-refractivity contribution in [3.8, 4) is 11.1 Å². The lowest BCUT2D eigenvalue weighted by molar-refractivity contribution is 1.35. The summed E-state index contributed by atoms with van der Waals surface area (Å²) in [7, 11) is 0. The Kier molecular flexibility index (Phi) is 3.27. The first-order valence-corrected chi connectivity index (χ1v) is 5.96. The van der Waals surface area contributed by atoms with E-state index in [9.17, 15) is 0 Å². The number of hydrogen-bond donors (Lipinski definition) is 1. The number of halogens is 1. The molecular weight excluding hydrogens is 236 g/mol. The van der Waals surface area contributed by atoms with Crippen LogP contribution in [0, 0.1) is 13.8 Å². The smallest absolute Gasteiger partial charge is 0.0412 e. The maximum atomic E-state index is 6.04. The number of thiol groups is 1. The molecule has 2 aromatic rings. The lowest BCUT2D eigenvalue weighted by Gasteiger charge is -2.10. The SMILES string of the molecule is Cc1cc(S)ccc1-c1cc(Cl)ccc1C. The highest BCUT2D eigenvalue weighted by molar-refractivity contribution is 7.80. The molecule has 0 atom stereocenters. The minimum Gasteiger partial charge on any atom is -0.143 e. The van der Waals surface area contributed by atoms with Crippen molar-refractivity contribution in [3.63, 3.8) is 0 Å². The van der Waals surface area contributed by atoms with Crippen LogP contribution in [0.1, 0.15) is 11.1 Å². The quantitative estimate of drug-likeness (QED) is 0.681. The Hall–Kier alpha value is -0.920. The third-order valence-corrected chi connectivity index (χ3v) is 3.21. The molecule has 0 bridgehead atoms. The second-order valence-electron chi connectivity index (χ2n) is 3.96. The van der Waals surface area contributed by atoms with E-state index in [0.717, 1.165) is 9.92 Å². The van der Waals surface area contributed by atoms with Gasteiger partial charge in [-0.15, -0.1) is 12.6 Å². The third-order valence-electron chi connectivity index (χ3n) is 2.70. The van der Waals surface area contributed by atoms with Crippen LogP contribution in [0.15, 0.2) is 41.3 Å². The van der Waals surface area contributed by atoms with Crippen LogP contribution in [-0.2, 0) is 0 Å². The molecule has 2 rings (SSSR count). The first-order valence-electron chi connectivity index (χ1n) is 5.14. The summed E-state index contributed by atoms with van der Waals surface area (Å²) in [4.78, 5) is 0.987. The zero-order chi connectivity index (χ0) is 11.7. The molecule has 0 unspecified atom stereocenters. The summed E-state index contributed by atoms with van der Waals surface area (Å²) >= 11 is 10.4. The fourth-order valence-corrected chi connectivity index (χ4v) is 2.27. The van der Waals surface area contributed by atoms with Crippen molar-refractivity contribution in [3.05, 3.63) is 52.5 Å². The van der Waals surface area contributed by atoms with Crippen LogP contribution in [0.25, 0.3) is 11.1 Å². The second kappa shape index (κ2) is 4.52. The predicted molar refractivity (Wildman–Crippen MR) is 73.6 cm³/mol. The molecule has 16 heavy (non-hydrogen) atoms. The van der Waals surface area contributed by atoms with E-state index < -0.39 is 0 Å². The summed E-state index contributed by atoms with van der Waals surface area (Å²) in [5, 5.41) is 0.773. The Morgan fingerprint density at radius 2 is 1.62 bits per heavy atom. The van der Waals surface area contributed by atoms with Gasteiger partial charge in [-0.25, -0.2) is 0 Å². The number of aryl methyl sites for hydroxylation is 2. The van der Waals surface area contributed by atoms with Gasteiger partial charge in [0.25, 0.3) is 0 Å². The summed E-state index contributed by atoms with van der Waals surface area (Å²) in [5.41, 5.74) is 4.87. The summed E-state index contributed by atoms with van der Waals surface area (Å²) in [6, 6.07) is 12.1. The van der Waals surface area contributed by atoms with Gasteiger partial charge in [-0.05, 0) is 60.4 Å². The van der Waals surface area contributed by atoms with Gasteiger partial charge in [0, 0.05) is 9.92 Å². The second-order valence-corrected chi connectivity index (χ2v) is 4.91. The van der Waals surface area contributed by atoms with Gasteiger partial charge in [0.15, 0.2) is 0 Å². The molecule has 0 aromatic heterocycles. The van der Waals surface area contributed by atoms with Crippen molar-refractivity contribution in [1.29, 1.82) is 0 Å². The molecule has 2 heteroatoms. The molecule has 0 amide bonds. The van der Waals surface area contributed by atoms with Gasteiger partial charge >= 0.3 is 0 Å². The molecule has 0 saturated heterocycles. The van der Waals surface area contributed by atoms with Crippen molar-refractivity contribution < 1.29 is 0 Å². The van der Waals surface area contributed by atoms with Crippen LogP contribution in [-0.4, -0.2) is 0 Å². The summed E-state index contributed by atoms with van der Waals surface area (Å²) in [6.07, 6.45) is 0. The Bertz CT molecular complexity index is 532. The molecule has 0 fully saturated rings. The summed E-state index contributed by atoms with van der Waals surface area (Å²) in [6.45, 7) is 4.19. The van der Waals surface area contributed by atoms with Gasteiger partial charge in [0.2, 0.25) is 0 Å². The average Bonchev–Trinajstić information content (AvgIpc) is 2.22. The Labute approximate surface area is 107 Å². The normalized spacial score (nSPS) is 10.5. The van der Waals surface area contributed by atoms with E-state index in [-0.39, 0.29) is 0 Å². The number of hydrogen-bond acceptors (Lipinski definition) is 1. The van der Waals surface area contributed by atoms with E-state index in [1.165, 1.54) is 22.3 Å². The minimum atomic E-state index is 0.773. The molecule has 0 heterocycles. The summed E-state index contributed by atoms with van der Waals surface area (Å²) < 4.78 is 0. The van der Waals surface area contributed by atoms with E-state index in [1.54, 1.807) is 0 Å². The van der Waals surface area contributed by atoms with Crippen LogP contribution in [0.4, 0.5) is 0 Å². The molecule has 0 saturated carbocycles. The molecule has 2 aromatic carbocycles. The standard InChI is InChI=1S/C14H13ClS/c1-9-3-4-11(15)8-14(9)13-6-5-12(16)7-10(13)2/h3-8,16H,1-2H3. The highest BCUT2D eigenvalue weighted by atomic mass is 35.5. The molecular formula is C14H13ClS. The zero-order valence-electron chi connectivity index (χ0n) is 9.29. The van der Waals surface area contributed by atoms with Crippen LogP contribution in [0.5, 0.6) is 0 Å². The van der Waals surface area contributed by atoms with Gasteiger partial charge in [0.1, 0.15) is 0 Å². The molecule has 82 valence electrons. The Morgan fingerprint density at radius 1 is 0.875 bits per heavy atom. The lowest BCUT2D eigenvalue weighted by atomic mass is 9.97. The van der Waals surface area contributed by atoms with Gasteiger partial charge in [-0.2, -0.15) is 0 Å². The van der Waals surface area contributed by atoms with Crippen LogP contribution >= 0.6 is 24.2 Å². The Morgan fingerprint density at radius 3 is 2.31 bits per heavy atom. The highest BCUT2D eigenvalue weighted by Gasteiger charge is 2.05. The fraction of sp³-hybridized carbons (Fsp3) is 0.143. The van der Waals surface area contributed by atoms with Crippen molar-refractivity contribution >= 4 is 24.2 Å². The van der Waals surface area contributed by atoms with E-state index in [4.69, 9.17) is 11.6 Å². The molecule has 0 spiro atoms. The van der Waals surface area contributed by atoms with E-state index in [2.05, 4.69) is 38.6 Å². The highest BCUT2D eigenvalue weighted by Crippen LogP contribution is 2.30. The topological polar surface area (TPSA) is 0 Å². The first kappa shape index (κ1) is 11.6. The maximum absolute atomic E-state index is 6.04. The van der Waals surface area contributed by atoms with Gasteiger partial charge < -0.3 is 0 Å². The number of rotatable bonds is 1. The molecule has 0 nitrogen and oxygen atoms in total. The summed E-state index contributed by atoms with van der Waals surface area (Å²) in [5.74, 6) is 0. The largest absolute Gasteiger partial charge is 0.143 e. The van der Waals surface area contributed by atoms with Gasteiger partial charge in [-0.1, -0.05) is 23.7 Å². The monoisotopic (exact) mass is 248 g/mol. The van der Waals surface area contributed by atoms with Crippen LogP contribution < -0.4 is 0 Å². The molecule has 0 aliphatic rings. The minimum absolute atomic E-state index is 0.773. The Balaban J connectivity index is 2.62. The van der Waals surface area contributed by atoms with E-state index in [0.29, 0.717) is 0 Å². The fourth-order valence-electron chi connectivity index (χ4n) is 1.83. The maximum Gasteiger partial charge on any atom is 0.0412 e. The van der Waals surface area contributed by atoms with Crippen molar-refractivity contribution in [2.24, 2.45) is 0 Å². The average molecular weight is 249 g/mol. The van der Waals surface area contributed by atoms with Gasteiger partial charge in [0.05, 0.1) is 0 Å². The molecule has 0 aliphatic heterocycles. The van der Waals surface area contributed by atoms with Crippen LogP contribution in [0.3, 0.4) is 0 Å². The van der Waals surface area contributed by atoms with E-state index in [1.807, 2.05) is 24.3 Å². The van der Waals surface area contributed by atoms with Crippen LogP contribution in [0.2, 0.25) is 5.02 Å². The first-order chi connectivity index (χ1) is 7.58. The van der Waals surface area contributed by atoms with Crippen molar-refractivity contribution in [2.45, 2.75) is 18.7 Å². The zero-order valence-corrected chi connectivity index (χ0v) is 10.9. The number of benzene rings is 2. The predicted octanol–water partition coefficient (Wildman–Crippen LogP) is 4.91. The molecule has 0 N–H and O–H groups in total. The molecule has 0 radical (unpaired) electrons. The van der Waals surface area contributed by atoms with Crippen molar-refractivity contribution in [1.82, 2.24) is 0 Å². The van der Waals surface area contributed by atoms with Crippen molar-refractivity contribution in [2.75, 3.05) is 0 Å². The van der Waals surface area contributed by atoms with E-state index >= 15 is 0 Å². The third kappa shape index (κ3) is 2.26. The lowest BCUT2D eigenvalue weighted by Crippen LogP contribution is -1.87.